The van der Waals surface area contributed by atoms with E-state index in [0.29, 0.717) is 19.5 Å². The molecule has 1 aromatic heterocycles. The summed E-state index contributed by atoms with van der Waals surface area (Å²) in [5, 5.41) is 14.4. The van der Waals surface area contributed by atoms with Crippen molar-refractivity contribution in [2.45, 2.75) is 25.9 Å². The summed E-state index contributed by atoms with van der Waals surface area (Å²) < 4.78 is 0. The largest absolute Gasteiger partial charge is 0.393 e. The average Bonchev–Trinajstić information content (AvgIpc) is 2.30. The third-order valence-electron chi connectivity index (χ3n) is 2.27. The van der Waals surface area contributed by atoms with Crippen LogP contribution in [0.1, 0.15) is 18.9 Å². The topological polar surface area (TPSA) is 74.2 Å². The van der Waals surface area contributed by atoms with Gasteiger partial charge in [-0.1, -0.05) is 6.07 Å². The molecule has 1 unspecified atom stereocenters. The molecule has 2 amide bonds. The van der Waals surface area contributed by atoms with E-state index in [-0.39, 0.29) is 12.1 Å². The van der Waals surface area contributed by atoms with Gasteiger partial charge in [0.25, 0.3) is 0 Å². The maximum atomic E-state index is 11.3. The van der Waals surface area contributed by atoms with Crippen molar-refractivity contribution in [1.82, 2.24) is 15.6 Å². The monoisotopic (exact) mass is 237 g/mol. The third-order valence-corrected chi connectivity index (χ3v) is 2.27. The molecule has 0 bridgehead atoms. The summed E-state index contributed by atoms with van der Waals surface area (Å²) in [7, 11) is 0. The maximum absolute atomic E-state index is 11.3. The number of aliphatic hydroxyl groups excluding tert-OH is 1. The number of nitrogens with zero attached hydrogens (tertiary/aromatic N) is 1. The second-order valence-corrected chi connectivity index (χ2v) is 3.93. The van der Waals surface area contributed by atoms with E-state index in [1.165, 1.54) is 0 Å². The molecule has 0 aliphatic carbocycles. The molecule has 0 fully saturated rings. The van der Waals surface area contributed by atoms with Crippen LogP contribution in [0, 0.1) is 0 Å². The summed E-state index contributed by atoms with van der Waals surface area (Å²) in [5.74, 6) is 0. The molecule has 94 valence electrons. The van der Waals surface area contributed by atoms with Crippen molar-refractivity contribution in [3.8, 4) is 0 Å². The van der Waals surface area contributed by atoms with Crippen molar-refractivity contribution >= 4 is 6.03 Å². The molecule has 0 spiro atoms. The van der Waals surface area contributed by atoms with E-state index >= 15 is 0 Å². The SMILES string of the molecule is CC(O)CCNC(=O)NCCc1cccnc1. The number of hydrogen-bond donors (Lipinski definition) is 3. The minimum Gasteiger partial charge on any atom is -0.393 e. The maximum Gasteiger partial charge on any atom is 0.314 e. The van der Waals surface area contributed by atoms with Gasteiger partial charge in [0.15, 0.2) is 0 Å². The van der Waals surface area contributed by atoms with Gasteiger partial charge < -0.3 is 15.7 Å². The molecule has 0 aliphatic rings. The summed E-state index contributed by atoms with van der Waals surface area (Å²) in [6.45, 7) is 2.75. The van der Waals surface area contributed by atoms with Gasteiger partial charge in [-0.3, -0.25) is 4.98 Å². The summed E-state index contributed by atoms with van der Waals surface area (Å²) in [6.07, 6.45) is 4.45. The fraction of sp³-hybridized carbons (Fsp3) is 0.500. The van der Waals surface area contributed by atoms with Gasteiger partial charge in [0.2, 0.25) is 0 Å². The van der Waals surface area contributed by atoms with E-state index in [0.717, 1.165) is 12.0 Å². The van der Waals surface area contributed by atoms with Crippen LogP contribution in [0.2, 0.25) is 0 Å². The van der Waals surface area contributed by atoms with Crippen molar-refractivity contribution in [2.75, 3.05) is 13.1 Å². The Bertz CT molecular complexity index is 328. The second kappa shape index (κ2) is 7.62. The molecule has 5 heteroatoms. The van der Waals surface area contributed by atoms with Crippen LogP contribution in [0.5, 0.6) is 0 Å². The van der Waals surface area contributed by atoms with Crippen molar-refractivity contribution in [1.29, 1.82) is 0 Å². The van der Waals surface area contributed by atoms with E-state index in [9.17, 15) is 4.79 Å². The number of amides is 2. The van der Waals surface area contributed by atoms with Gasteiger partial charge in [0.1, 0.15) is 0 Å². The Morgan fingerprint density at radius 2 is 2.24 bits per heavy atom. The van der Waals surface area contributed by atoms with Gasteiger partial charge in [-0.25, -0.2) is 4.79 Å². The second-order valence-electron chi connectivity index (χ2n) is 3.93. The molecule has 1 aromatic rings. The molecule has 0 saturated carbocycles. The van der Waals surface area contributed by atoms with E-state index in [2.05, 4.69) is 15.6 Å². The lowest BCUT2D eigenvalue weighted by atomic mass is 10.2. The first-order valence-electron chi connectivity index (χ1n) is 5.77. The molecular formula is C12H19N3O2. The minimum atomic E-state index is -0.384. The molecule has 1 atom stereocenters. The van der Waals surface area contributed by atoms with Crippen molar-refractivity contribution < 1.29 is 9.90 Å². The number of pyridine rings is 1. The Morgan fingerprint density at radius 1 is 1.47 bits per heavy atom. The number of aliphatic hydroxyl groups is 1. The third kappa shape index (κ3) is 6.52. The van der Waals surface area contributed by atoms with Gasteiger partial charge in [0, 0.05) is 25.5 Å². The predicted molar refractivity (Wildman–Crippen MR) is 65.6 cm³/mol. The first-order chi connectivity index (χ1) is 8.18. The van der Waals surface area contributed by atoms with E-state index in [1.807, 2.05) is 12.1 Å². The molecule has 0 radical (unpaired) electrons. The van der Waals surface area contributed by atoms with Crippen LogP contribution >= 0.6 is 0 Å². The number of nitrogens with one attached hydrogen (secondary N) is 2. The zero-order valence-electron chi connectivity index (χ0n) is 10.0. The summed E-state index contributed by atoms with van der Waals surface area (Å²) in [4.78, 5) is 15.3. The Kier molecular flexibility index (Phi) is 6.03. The molecule has 0 aromatic carbocycles. The number of carbonyl (C=O) groups excluding carboxylic acids is 1. The van der Waals surface area contributed by atoms with Crippen molar-refractivity contribution in [3.63, 3.8) is 0 Å². The Morgan fingerprint density at radius 3 is 2.88 bits per heavy atom. The lowest BCUT2D eigenvalue weighted by Crippen LogP contribution is -2.37. The van der Waals surface area contributed by atoms with Gasteiger partial charge in [-0.05, 0) is 31.4 Å². The van der Waals surface area contributed by atoms with Crippen LogP contribution < -0.4 is 10.6 Å². The Hall–Kier alpha value is -1.62. The summed E-state index contributed by atoms with van der Waals surface area (Å²) >= 11 is 0. The molecule has 0 aliphatic heterocycles. The molecule has 17 heavy (non-hydrogen) atoms. The fourth-order valence-corrected chi connectivity index (χ4v) is 1.32. The highest BCUT2D eigenvalue weighted by atomic mass is 16.3. The predicted octanol–water partition coefficient (Wildman–Crippen LogP) is 0.694. The lowest BCUT2D eigenvalue weighted by Gasteiger charge is -2.08. The van der Waals surface area contributed by atoms with Crippen molar-refractivity contribution in [2.24, 2.45) is 0 Å². The fourth-order valence-electron chi connectivity index (χ4n) is 1.32. The van der Waals surface area contributed by atoms with Crippen LogP contribution in [0.25, 0.3) is 0 Å². The first-order valence-corrected chi connectivity index (χ1v) is 5.77. The summed E-state index contributed by atoms with van der Waals surface area (Å²) in [6, 6.07) is 3.65. The normalized spacial score (nSPS) is 11.9. The number of carbonyl (C=O) groups is 1. The van der Waals surface area contributed by atoms with Crippen molar-refractivity contribution in [3.05, 3.63) is 30.1 Å². The lowest BCUT2D eigenvalue weighted by molar-refractivity contribution is 0.183. The van der Waals surface area contributed by atoms with Crippen LogP contribution in [-0.2, 0) is 6.42 Å². The zero-order chi connectivity index (χ0) is 12.5. The molecular weight excluding hydrogens is 218 g/mol. The average molecular weight is 237 g/mol. The highest BCUT2D eigenvalue weighted by Crippen LogP contribution is 1.95. The standard InChI is InChI=1S/C12H19N3O2/c1-10(16)4-7-14-12(17)15-8-5-11-3-2-6-13-9-11/h2-3,6,9-10,16H,4-5,7-8H2,1H3,(H2,14,15,17). The van der Waals surface area contributed by atoms with Crippen LogP contribution in [0.4, 0.5) is 4.79 Å². The number of rotatable bonds is 6. The van der Waals surface area contributed by atoms with Crippen LogP contribution in [0.15, 0.2) is 24.5 Å². The molecule has 1 rings (SSSR count). The van der Waals surface area contributed by atoms with E-state index in [1.54, 1.807) is 19.3 Å². The summed E-state index contributed by atoms with van der Waals surface area (Å²) in [5.41, 5.74) is 1.09. The molecule has 5 nitrogen and oxygen atoms in total. The van der Waals surface area contributed by atoms with Gasteiger partial charge in [-0.15, -0.1) is 0 Å². The molecule has 0 saturated heterocycles. The molecule has 3 N–H and O–H groups in total. The highest BCUT2D eigenvalue weighted by molar-refractivity contribution is 5.73. The quantitative estimate of drug-likeness (QED) is 0.681. The van der Waals surface area contributed by atoms with E-state index in [4.69, 9.17) is 5.11 Å². The van der Waals surface area contributed by atoms with Crippen LogP contribution in [0.3, 0.4) is 0 Å². The Labute approximate surface area is 101 Å². The first kappa shape index (κ1) is 13.4. The minimum absolute atomic E-state index is 0.199. The Balaban J connectivity index is 2.08. The van der Waals surface area contributed by atoms with Gasteiger partial charge in [0.05, 0.1) is 6.10 Å². The smallest absolute Gasteiger partial charge is 0.314 e. The highest BCUT2D eigenvalue weighted by Gasteiger charge is 2.00. The molecule has 1 heterocycles. The number of urea groups is 1. The van der Waals surface area contributed by atoms with Gasteiger partial charge >= 0.3 is 6.03 Å². The van der Waals surface area contributed by atoms with E-state index < -0.39 is 0 Å². The number of hydrogen-bond acceptors (Lipinski definition) is 3. The van der Waals surface area contributed by atoms with Gasteiger partial charge in [-0.2, -0.15) is 0 Å². The zero-order valence-corrected chi connectivity index (χ0v) is 10.0. The number of aromatic nitrogens is 1. The van der Waals surface area contributed by atoms with Crippen LogP contribution in [-0.4, -0.2) is 35.3 Å².